The van der Waals surface area contributed by atoms with Gasteiger partial charge >= 0.3 is 0 Å². The van der Waals surface area contributed by atoms with E-state index in [0.29, 0.717) is 0 Å². The van der Waals surface area contributed by atoms with E-state index >= 15 is 0 Å². The quantitative estimate of drug-likeness (QED) is 0.150. The number of rotatable bonds is 8. The Kier molecular flexibility index (Phi) is 13.5. The number of para-hydroxylation sites is 3. The van der Waals surface area contributed by atoms with Crippen LogP contribution in [-0.4, -0.2) is 33.6 Å². The summed E-state index contributed by atoms with van der Waals surface area (Å²) in [5.41, 5.74) is 21.4. The summed E-state index contributed by atoms with van der Waals surface area (Å²) in [6.07, 6.45) is 3.61. The summed E-state index contributed by atoms with van der Waals surface area (Å²) >= 11 is 1.82. The molecule has 3 aliphatic heterocycles. The summed E-state index contributed by atoms with van der Waals surface area (Å²) in [7, 11) is 0. The van der Waals surface area contributed by atoms with E-state index in [4.69, 9.17) is 29.2 Å². The maximum absolute atomic E-state index is 6.44. The van der Waals surface area contributed by atoms with Crippen LogP contribution in [0.3, 0.4) is 0 Å². The van der Waals surface area contributed by atoms with Gasteiger partial charge in [0.15, 0.2) is 34.5 Å². The van der Waals surface area contributed by atoms with E-state index < -0.39 is 0 Å². The van der Waals surface area contributed by atoms with Gasteiger partial charge in [0.05, 0.1) is 33.6 Å². The molecule has 0 N–H and O–H groups in total. The summed E-state index contributed by atoms with van der Waals surface area (Å²) in [5, 5.41) is 0. The Bertz CT molecular complexity index is 5520. The molecule has 0 aliphatic carbocycles. The fourth-order valence-corrected chi connectivity index (χ4v) is 14.1. The fourth-order valence-electron chi connectivity index (χ4n) is 13.1. The lowest BCUT2D eigenvalue weighted by atomic mass is 10.0. The number of fused-ring (bicyclic) bond motifs is 6. The number of benzene rings is 12. The van der Waals surface area contributed by atoms with Crippen molar-refractivity contribution < 1.29 is 14.2 Å². The summed E-state index contributed by atoms with van der Waals surface area (Å²) in [5.74, 6) is 7.76. The van der Waals surface area contributed by atoms with Gasteiger partial charge in [0.2, 0.25) is 0 Å². The first-order chi connectivity index (χ1) is 47.1. The van der Waals surface area contributed by atoms with Crippen LogP contribution in [0.25, 0.3) is 139 Å². The van der Waals surface area contributed by atoms with Gasteiger partial charge in [0.25, 0.3) is 0 Å². The molecule has 0 fully saturated rings. The SMILES string of the molecule is c1ccc(-c2ccc(-c3ccc(-c4ccc5c(c4)Oc4cccc6nc(-c7ccccc7)n-5c46)cc3)s2)cc1.c1ccc(-c2ccc3c(c2)Oc2cccc4nc(-c5ccccc5)n-3c24)cc1.c1ccc(-c2nc3cccc4c3n2-c2ccc(-c3ccncc3)cc2O4)cc1. The number of nitrogens with zero attached hydrogens (tertiary/aromatic N) is 7. The monoisotopic (exact) mass is 1240 g/mol. The highest BCUT2D eigenvalue weighted by Gasteiger charge is 2.29. The molecule has 0 amide bonds. The molecule has 12 aromatic carbocycles. The molecule has 0 bridgehead atoms. The molecule has 11 heteroatoms. The third-order valence-corrected chi connectivity index (χ3v) is 18.7. The average Bonchev–Trinajstić information content (AvgIpc) is 1.64. The van der Waals surface area contributed by atoms with Crippen molar-refractivity contribution in [3.05, 3.63) is 322 Å². The number of pyridine rings is 1. The Balaban J connectivity index is 0.000000106. The van der Waals surface area contributed by atoms with Crippen LogP contribution in [0, 0.1) is 0 Å². The molecule has 95 heavy (non-hydrogen) atoms. The molecule has 0 saturated carbocycles. The number of hydrogen-bond donors (Lipinski definition) is 0. The minimum Gasteiger partial charge on any atom is -0.453 e. The minimum atomic E-state index is 0.824. The molecule has 0 atom stereocenters. The van der Waals surface area contributed by atoms with Crippen molar-refractivity contribution in [3.63, 3.8) is 0 Å². The van der Waals surface area contributed by atoms with Crippen molar-refractivity contribution in [2.45, 2.75) is 0 Å². The van der Waals surface area contributed by atoms with Crippen LogP contribution in [0.1, 0.15) is 0 Å². The first-order valence-corrected chi connectivity index (χ1v) is 32.3. The summed E-state index contributed by atoms with van der Waals surface area (Å²) < 4.78 is 25.7. The lowest BCUT2D eigenvalue weighted by Gasteiger charge is -2.22. The third kappa shape index (κ3) is 9.90. The van der Waals surface area contributed by atoms with E-state index in [0.717, 1.165) is 147 Å². The normalized spacial score (nSPS) is 11.8. The molecule has 8 heterocycles. The standard InChI is InChI=1S/C35H22N2OS.C25H16N2O.C24H15N3O/c1-3-8-24(9-4-1)32-20-21-33(39-32)25-16-14-23(15-17-25)27-18-19-29-31(22-27)38-30-13-7-12-28-34(30)37(29)35(36-28)26-10-5-2-6-11-26;1-3-8-17(9-4-1)19-14-15-21-23(16-19)28-22-13-7-12-20-24(22)27(21)25(26-20)18-10-5-2-6-11-18;1-2-5-17(6-3-1)24-26-19-7-4-8-21-23(19)27(24)20-10-9-18(15-22(20)28-21)16-11-13-25-14-12-16/h1-22H;1-16H;1-15H. The van der Waals surface area contributed by atoms with Crippen LogP contribution in [0.2, 0.25) is 0 Å². The van der Waals surface area contributed by atoms with Crippen LogP contribution in [0.4, 0.5) is 0 Å². The predicted octanol–water partition coefficient (Wildman–Crippen LogP) is 22.2. The molecule has 0 spiro atoms. The van der Waals surface area contributed by atoms with Crippen LogP contribution < -0.4 is 14.2 Å². The maximum atomic E-state index is 6.44. The van der Waals surface area contributed by atoms with Crippen LogP contribution in [0.15, 0.2) is 322 Å². The number of ether oxygens (including phenoxy) is 3. The Labute approximate surface area is 550 Å². The Hall–Kier alpha value is -12.7. The van der Waals surface area contributed by atoms with E-state index in [2.05, 4.69) is 213 Å². The molecule has 0 unspecified atom stereocenters. The smallest absolute Gasteiger partial charge is 0.153 e. The van der Waals surface area contributed by atoms with E-state index in [1.807, 2.05) is 127 Å². The van der Waals surface area contributed by atoms with E-state index in [-0.39, 0.29) is 0 Å². The maximum Gasteiger partial charge on any atom is 0.153 e. The van der Waals surface area contributed by atoms with Crippen LogP contribution >= 0.6 is 11.3 Å². The largest absolute Gasteiger partial charge is 0.453 e. The number of thiophene rings is 1. The van der Waals surface area contributed by atoms with Gasteiger partial charge < -0.3 is 14.2 Å². The molecular formula is C84H53N7O3S. The number of aromatic nitrogens is 7. The lowest BCUT2D eigenvalue weighted by molar-refractivity contribution is 0.476. The van der Waals surface area contributed by atoms with Crippen molar-refractivity contribution in [1.29, 1.82) is 0 Å². The first-order valence-electron chi connectivity index (χ1n) is 31.5. The number of hydrogen-bond acceptors (Lipinski definition) is 8. The summed E-state index contributed by atoms with van der Waals surface area (Å²) in [6, 6.07) is 106. The second-order valence-electron chi connectivity index (χ2n) is 23.3. The Morgan fingerprint density at radius 2 is 0.526 bits per heavy atom. The fraction of sp³-hybridized carbons (Fsp3) is 0. The Morgan fingerprint density at radius 1 is 0.232 bits per heavy atom. The van der Waals surface area contributed by atoms with E-state index in [1.54, 1.807) is 12.4 Å². The van der Waals surface area contributed by atoms with Gasteiger partial charge in [-0.1, -0.05) is 212 Å². The van der Waals surface area contributed by atoms with Gasteiger partial charge in [0.1, 0.15) is 34.0 Å². The molecule has 448 valence electrons. The van der Waals surface area contributed by atoms with E-state index in [1.165, 1.54) is 26.4 Å². The molecule has 3 aliphatic rings. The zero-order valence-electron chi connectivity index (χ0n) is 50.9. The molecular weight excluding hydrogens is 1190 g/mol. The highest BCUT2D eigenvalue weighted by molar-refractivity contribution is 7.18. The van der Waals surface area contributed by atoms with Crippen molar-refractivity contribution in [2.75, 3.05) is 0 Å². The molecule has 0 radical (unpaired) electrons. The van der Waals surface area contributed by atoms with Crippen molar-refractivity contribution >= 4 is 44.4 Å². The zero-order chi connectivity index (χ0) is 62.8. The van der Waals surface area contributed by atoms with Gasteiger partial charge in [-0.2, -0.15) is 0 Å². The molecule has 0 saturated heterocycles. The van der Waals surface area contributed by atoms with Crippen molar-refractivity contribution in [3.8, 4) is 140 Å². The first kappa shape index (κ1) is 55.2. The van der Waals surface area contributed by atoms with Crippen molar-refractivity contribution in [2.24, 2.45) is 0 Å². The topological polar surface area (TPSA) is 94.0 Å². The van der Waals surface area contributed by atoms with Gasteiger partial charge in [-0.05, 0) is 142 Å². The lowest BCUT2D eigenvalue weighted by Crippen LogP contribution is -2.05. The Morgan fingerprint density at radius 3 is 0.895 bits per heavy atom. The van der Waals surface area contributed by atoms with Gasteiger partial charge in [-0.3, -0.25) is 18.7 Å². The summed E-state index contributed by atoms with van der Waals surface area (Å²) in [4.78, 5) is 21.5. The number of imidazole rings is 3. The minimum absolute atomic E-state index is 0.824. The zero-order valence-corrected chi connectivity index (χ0v) is 51.7. The van der Waals surface area contributed by atoms with Gasteiger partial charge in [-0.15, -0.1) is 11.3 Å². The third-order valence-electron chi connectivity index (χ3n) is 17.6. The molecule has 5 aromatic heterocycles. The van der Waals surface area contributed by atoms with Crippen LogP contribution in [0.5, 0.6) is 34.5 Å². The van der Waals surface area contributed by atoms with Crippen LogP contribution in [-0.2, 0) is 0 Å². The second-order valence-corrected chi connectivity index (χ2v) is 24.4. The summed E-state index contributed by atoms with van der Waals surface area (Å²) in [6.45, 7) is 0. The predicted molar refractivity (Wildman–Crippen MR) is 383 cm³/mol. The van der Waals surface area contributed by atoms with Gasteiger partial charge in [0, 0.05) is 38.8 Å². The van der Waals surface area contributed by atoms with Crippen molar-refractivity contribution in [1.82, 2.24) is 33.6 Å². The average molecular weight is 1240 g/mol. The highest BCUT2D eigenvalue weighted by atomic mass is 32.1. The highest BCUT2D eigenvalue weighted by Crippen LogP contribution is 2.49. The molecule has 10 nitrogen and oxygen atoms in total. The molecule has 20 rings (SSSR count). The molecule has 17 aromatic rings. The van der Waals surface area contributed by atoms with Gasteiger partial charge in [-0.25, -0.2) is 15.0 Å². The van der Waals surface area contributed by atoms with E-state index in [9.17, 15) is 0 Å². The second kappa shape index (κ2) is 23.2.